The van der Waals surface area contributed by atoms with E-state index in [1.807, 2.05) is 7.05 Å². The molecule has 3 unspecified atom stereocenters. The van der Waals surface area contributed by atoms with Crippen molar-refractivity contribution in [3.8, 4) is 0 Å². The maximum absolute atomic E-state index is 13.2. The minimum Gasteiger partial charge on any atom is -0.316 e. The van der Waals surface area contributed by atoms with Gasteiger partial charge in [-0.1, -0.05) is 13.3 Å². The van der Waals surface area contributed by atoms with E-state index >= 15 is 0 Å². The van der Waals surface area contributed by atoms with Crippen LogP contribution in [0.25, 0.3) is 0 Å². The lowest BCUT2D eigenvalue weighted by Crippen LogP contribution is -2.34. The first-order valence-corrected chi connectivity index (χ1v) is 6.70. The van der Waals surface area contributed by atoms with E-state index in [2.05, 4.69) is 12.2 Å². The maximum Gasteiger partial charge on any atom is 0.126 e. The first-order chi connectivity index (χ1) is 8.58. The Morgan fingerprint density at radius 1 is 1.22 bits per heavy atom. The van der Waals surface area contributed by atoms with Crippen LogP contribution in [0.5, 0.6) is 0 Å². The summed E-state index contributed by atoms with van der Waals surface area (Å²) in [5.74, 6) is 0.422. The molecule has 0 aromatic heterocycles. The quantitative estimate of drug-likeness (QED) is 0.865. The van der Waals surface area contributed by atoms with E-state index in [4.69, 9.17) is 0 Å². The maximum atomic E-state index is 13.2. The summed E-state index contributed by atoms with van der Waals surface area (Å²) >= 11 is 0. The molecular formula is C15H21F2N. The van der Waals surface area contributed by atoms with Crippen molar-refractivity contribution in [2.45, 2.75) is 38.6 Å². The first kappa shape index (κ1) is 13.5. The normalized spacial score (nSPS) is 25.3. The van der Waals surface area contributed by atoms with Gasteiger partial charge in [-0.3, -0.25) is 0 Å². The van der Waals surface area contributed by atoms with Crippen molar-refractivity contribution < 1.29 is 8.78 Å². The zero-order valence-corrected chi connectivity index (χ0v) is 11.0. The number of rotatable bonds is 4. The fourth-order valence-electron chi connectivity index (χ4n) is 3.10. The molecule has 2 rings (SSSR count). The number of hydrogen-bond acceptors (Lipinski definition) is 1. The molecule has 1 aromatic rings. The molecule has 0 amide bonds. The zero-order valence-electron chi connectivity index (χ0n) is 11.0. The standard InChI is InChI=1S/C15H21F2N/c1-10-3-4-12(5-10)15(18-2)8-11-6-13(16)9-14(17)7-11/h6-7,9-10,12,15,18H,3-5,8H2,1-2H3. The molecule has 1 aliphatic carbocycles. The second kappa shape index (κ2) is 5.79. The number of benzene rings is 1. The molecule has 0 saturated heterocycles. The van der Waals surface area contributed by atoms with Gasteiger partial charge in [-0.15, -0.1) is 0 Å². The van der Waals surface area contributed by atoms with Crippen LogP contribution in [-0.4, -0.2) is 13.1 Å². The molecule has 1 aliphatic rings. The molecule has 1 fully saturated rings. The van der Waals surface area contributed by atoms with Crippen LogP contribution in [0.1, 0.15) is 31.7 Å². The minimum atomic E-state index is -0.486. The molecule has 1 nitrogen and oxygen atoms in total. The topological polar surface area (TPSA) is 12.0 Å². The Morgan fingerprint density at radius 3 is 2.39 bits per heavy atom. The molecule has 0 bridgehead atoms. The van der Waals surface area contributed by atoms with Gasteiger partial charge < -0.3 is 5.32 Å². The monoisotopic (exact) mass is 253 g/mol. The summed E-state index contributed by atoms with van der Waals surface area (Å²) < 4.78 is 26.3. The van der Waals surface area contributed by atoms with Gasteiger partial charge in [-0.05, 0) is 55.8 Å². The number of nitrogens with one attached hydrogen (secondary N) is 1. The molecular weight excluding hydrogens is 232 g/mol. The predicted octanol–water partition coefficient (Wildman–Crippen LogP) is 3.53. The highest BCUT2D eigenvalue weighted by Gasteiger charge is 2.28. The summed E-state index contributed by atoms with van der Waals surface area (Å²) in [5, 5.41) is 3.31. The fraction of sp³-hybridized carbons (Fsp3) is 0.600. The van der Waals surface area contributed by atoms with Crippen LogP contribution in [0.4, 0.5) is 8.78 Å². The van der Waals surface area contributed by atoms with Crippen LogP contribution in [0.15, 0.2) is 18.2 Å². The minimum absolute atomic E-state index is 0.316. The predicted molar refractivity (Wildman–Crippen MR) is 69.4 cm³/mol. The van der Waals surface area contributed by atoms with Crippen LogP contribution >= 0.6 is 0 Å². The molecule has 1 saturated carbocycles. The van der Waals surface area contributed by atoms with Gasteiger partial charge in [0.15, 0.2) is 0 Å². The van der Waals surface area contributed by atoms with Crippen LogP contribution < -0.4 is 5.32 Å². The second-order valence-corrected chi connectivity index (χ2v) is 5.56. The van der Waals surface area contributed by atoms with Gasteiger partial charge in [-0.25, -0.2) is 8.78 Å². The second-order valence-electron chi connectivity index (χ2n) is 5.56. The van der Waals surface area contributed by atoms with Crippen molar-refractivity contribution in [2.24, 2.45) is 11.8 Å². The van der Waals surface area contributed by atoms with Crippen molar-refractivity contribution in [2.75, 3.05) is 7.05 Å². The van der Waals surface area contributed by atoms with Crippen LogP contribution in [0.3, 0.4) is 0 Å². The van der Waals surface area contributed by atoms with Gasteiger partial charge in [-0.2, -0.15) is 0 Å². The van der Waals surface area contributed by atoms with Crippen LogP contribution in [-0.2, 0) is 6.42 Å². The molecule has 100 valence electrons. The average Bonchev–Trinajstić information content (AvgIpc) is 2.71. The van der Waals surface area contributed by atoms with Gasteiger partial charge in [0, 0.05) is 12.1 Å². The molecule has 3 heteroatoms. The van der Waals surface area contributed by atoms with E-state index in [0.717, 1.165) is 17.5 Å². The lowest BCUT2D eigenvalue weighted by molar-refractivity contribution is 0.366. The number of hydrogen-bond donors (Lipinski definition) is 1. The molecule has 3 atom stereocenters. The molecule has 1 aromatic carbocycles. The van der Waals surface area contributed by atoms with E-state index in [1.54, 1.807) is 0 Å². The Bertz CT molecular complexity index is 385. The van der Waals surface area contributed by atoms with Gasteiger partial charge in [0.05, 0.1) is 0 Å². The zero-order chi connectivity index (χ0) is 13.1. The summed E-state index contributed by atoms with van der Waals surface area (Å²) in [6.45, 7) is 2.27. The Labute approximate surface area is 108 Å². The Morgan fingerprint density at radius 2 is 1.89 bits per heavy atom. The van der Waals surface area contributed by atoms with Crippen molar-refractivity contribution in [1.29, 1.82) is 0 Å². The van der Waals surface area contributed by atoms with E-state index in [9.17, 15) is 8.78 Å². The van der Waals surface area contributed by atoms with E-state index < -0.39 is 11.6 Å². The van der Waals surface area contributed by atoms with E-state index in [-0.39, 0.29) is 0 Å². The van der Waals surface area contributed by atoms with Crippen LogP contribution in [0.2, 0.25) is 0 Å². The van der Waals surface area contributed by atoms with E-state index in [0.29, 0.717) is 18.4 Å². The Kier molecular flexibility index (Phi) is 4.33. The van der Waals surface area contributed by atoms with Crippen molar-refractivity contribution in [3.05, 3.63) is 35.4 Å². The molecule has 0 radical (unpaired) electrons. The fourth-order valence-corrected chi connectivity index (χ4v) is 3.10. The van der Waals surface area contributed by atoms with Crippen molar-refractivity contribution >= 4 is 0 Å². The summed E-state index contributed by atoms with van der Waals surface area (Å²) in [6.07, 6.45) is 4.39. The largest absolute Gasteiger partial charge is 0.316 e. The lowest BCUT2D eigenvalue weighted by atomic mass is 9.91. The lowest BCUT2D eigenvalue weighted by Gasteiger charge is -2.23. The van der Waals surface area contributed by atoms with Gasteiger partial charge in [0.25, 0.3) is 0 Å². The molecule has 18 heavy (non-hydrogen) atoms. The summed E-state index contributed by atoms with van der Waals surface area (Å²) in [7, 11) is 1.93. The molecule has 1 N–H and O–H groups in total. The van der Waals surface area contributed by atoms with E-state index in [1.165, 1.54) is 31.4 Å². The third-order valence-electron chi connectivity index (χ3n) is 4.05. The third kappa shape index (κ3) is 3.29. The SMILES string of the molecule is CNC(Cc1cc(F)cc(F)c1)C1CCC(C)C1. The third-order valence-corrected chi connectivity index (χ3v) is 4.05. The molecule has 0 spiro atoms. The highest BCUT2D eigenvalue weighted by atomic mass is 19.1. The summed E-state index contributed by atoms with van der Waals surface area (Å²) in [4.78, 5) is 0. The summed E-state index contributed by atoms with van der Waals surface area (Å²) in [6, 6.07) is 4.11. The van der Waals surface area contributed by atoms with Gasteiger partial charge in [0.2, 0.25) is 0 Å². The highest BCUT2D eigenvalue weighted by molar-refractivity contribution is 5.19. The summed E-state index contributed by atoms with van der Waals surface area (Å²) in [5.41, 5.74) is 0.742. The van der Waals surface area contributed by atoms with Crippen molar-refractivity contribution in [1.82, 2.24) is 5.32 Å². The molecule has 0 heterocycles. The smallest absolute Gasteiger partial charge is 0.126 e. The first-order valence-electron chi connectivity index (χ1n) is 6.70. The average molecular weight is 253 g/mol. The van der Waals surface area contributed by atoms with Crippen LogP contribution in [0, 0.1) is 23.5 Å². The number of halogens is 2. The van der Waals surface area contributed by atoms with Crippen molar-refractivity contribution in [3.63, 3.8) is 0 Å². The number of likely N-dealkylation sites (N-methyl/N-ethyl adjacent to an activating group) is 1. The highest BCUT2D eigenvalue weighted by Crippen LogP contribution is 2.33. The Hall–Kier alpha value is -0.960. The van der Waals surface area contributed by atoms with Gasteiger partial charge in [0.1, 0.15) is 11.6 Å². The molecule has 0 aliphatic heterocycles. The Balaban J connectivity index is 2.05. The van der Waals surface area contributed by atoms with Gasteiger partial charge >= 0.3 is 0 Å².